The van der Waals surface area contributed by atoms with E-state index in [1.165, 1.54) is 18.2 Å². The standard InChI is InChI=1S/C9H8BFO4S/c1-2-7-3-8(6-16(11,14)15)5-9(4-7)10(12)13/h1,3-5,12-13H,6H2. The van der Waals surface area contributed by atoms with Gasteiger partial charge in [-0.1, -0.05) is 12.0 Å². The van der Waals surface area contributed by atoms with Crippen LogP contribution in [0, 0.1) is 12.3 Å². The van der Waals surface area contributed by atoms with E-state index in [4.69, 9.17) is 16.5 Å². The second-order valence-corrected chi connectivity index (χ2v) is 4.53. The molecule has 0 radical (unpaired) electrons. The van der Waals surface area contributed by atoms with Crippen LogP contribution in [-0.2, 0) is 16.0 Å². The van der Waals surface area contributed by atoms with Gasteiger partial charge in [-0.25, -0.2) is 0 Å². The minimum Gasteiger partial charge on any atom is -0.423 e. The van der Waals surface area contributed by atoms with Gasteiger partial charge in [-0.3, -0.25) is 0 Å². The van der Waals surface area contributed by atoms with E-state index in [9.17, 15) is 12.3 Å². The molecule has 0 bridgehead atoms. The maximum atomic E-state index is 12.4. The van der Waals surface area contributed by atoms with E-state index in [0.29, 0.717) is 0 Å². The van der Waals surface area contributed by atoms with Crippen molar-refractivity contribution in [2.24, 2.45) is 0 Å². The van der Waals surface area contributed by atoms with Gasteiger partial charge in [0, 0.05) is 5.56 Å². The van der Waals surface area contributed by atoms with E-state index in [-0.39, 0.29) is 16.6 Å². The van der Waals surface area contributed by atoms with Gasteiger partial charge in [0.15, 0.2) is 0 Å². The summed E-state index contributed by atoms with van der Waals surface area (Å²) in [7, 11) is -6.46. The van der Waals surface area contributed by atoms with Crippen LogP contribution in [0.3, 0.4) is 0 Å². The number of hydrogen-bond acceptors (Lipinski definition) is 4. The number of halogens is 1. The van der Waals surface area contributed by atoms with Gasteiger partial charge in [0.1, 0.15) is 5.75 Å². The molecule has 4 nitrogen and oxygen atoms in total. The van der Waals surface area contributed by atoms with Crippen LogP contribution in [0.2, 0.25) is 0 Å². The molecule has 0 saturated heterocycles. The minimum absolute atomic E-state index is 0.0223. The average molecular weight is 242 g/mol. The molecule has 16 heavy (non-hydrogen) atoms. The fourth-order valence-corrected chi connectivity index (χ4v) is 1.80. The van der Waals surface area contributed by atoms with Gasteiger partial charge >= 0.3 is 17.3 Å². The summed E-state index contributed by atoms with van der Waals surface area (Å²) in [4.78, 5) is 0. The van der Waals surface area contributed by atoms with Crippen LogP contribution in [0.4, 0.5) is 3.89 Å². The largest absolute Gasteiger partial charge is 0.488 e. The lowest BCUT2D eigenvalue weighted by atomic mass is 9.79. The van der Waals surface area contributed by atoms with Crippen molar-refractivity contribution in [3.63, 3.8) is 0 Å². The third kappa shape index (κ3) is 3.66. The molecule has 0 atom stereocenters. The third-order valence-electron chi connectivity index (χ3n) is 1.82. The van der Waals surface area contributed by atoms with Crippen molar-refractivity contribution >= 4 is 22.8 Å². The maximum absolute atomic E-state index is 12.4. The van der Waals surface area contributed by atoms with Gasteiger partial charge in [0.25, 0.3) is 0 Å². The highest BCUT2D eigenvalue weighted by Crippen LogP contribution is 2.08. The van der Waals surface area contributed by atoms with Gasteiger partial charge in [0.05, 0.1) is 0 Å². The Hall–Kier alpha value is -1.36. The monoisotopic (exact) mass is 242 g/mol. The first-order valence-electron chi connectivity index (χ1n) is 4.21. The second kappa shape index (κ2) is 4.66. The first-order valence-corrected chi connectivity index (χ1v) is 5.76. The van der Waals surface area contributed by atoms with Crippen molar-refractivity contribution in [2.45, 2.75) is 5.75 Å². The fourth-order valence-electron chi connectivity index (χ4n) is 1.23. The fraction of sp³-hybridized carbons (Fsp3) is 0.111. The van der Waals surface area contributed by atoms with Crippen LogP contribution < -0.4 is 5.46 Å². The molecule has 0 saturated carbocycles. The molecule has 0 aliphatic carbocycles. The molecule has 0 aliphatic heterocycles. The van der Waals surface area contributed by atoms with E-state index < -0.39 is 23.1 Å². The summed E-state index contributed by atoms with van der Waals surface area (Å²) in [5, 5.41) is 17.8. The smallest absolute Gasteiger partial charge is 0.423 e. The molecule has 0 aromatic heterocycles. The first-order chi connectivity index (χ1) is 7.31. The third-order valence-corrected chi connectivity index (χ3v) is 2.50. The summed E-state index contributed by atoms with van der Waals surface area (Å²) in [5.41, 5.74) is 0.347. The summed E-state index contributed by atoms with van der Waals surface area (Å²) in [6.07, 6.45) is 5.10. The van der Waals surface area contributed by atoms with E-state index in [2.05, 4.69) is 5.92 Å². The molecule has 0 unspecified atom stereocenters. The zero-order chi connectivity index (χ0) is 12.3. The summed E-state index contributed by atoms with van der Waals surface area (Å²) in [6, 6.07) is 3.77. The summed E-state index contributed by atoms with van der Waals surface area (Å²) >= 11 is 0. The van der Waals surface area contributed by atoms with Gasteiger partial charge in [-0.15, -0.1) is 10.3 Å². The van der Waals surface area contributed by atoms with E-state index in [1.807, 2.05) is 0 Å². The Bertz CT molecular complexity index is 533. The topological polar surface area (TPSA) is 74.6 Å². The van der Waals surface area contributed by atoms with Crippen LogP contribution in [0.25, 0.3) is 0 Å². The normalized spacial score (nSPS) is 10.9. The Morgan fingerprint density at radius 1 is 1.38 bits per heavy atom. The molecular formula is C9H8BFO4S. The summed E-state index contributed by atoms with van der Waals surface area (Å²) in [5.74, 6) is 1.36. The van der Waals surface area contributed by atoms with Crippen molar-refractivity contribution in [1.82, 2.24) is 0 Å². The van der Waals surface area contributed by atoms with Crippen LogP contribution in [0.15, 0.2) is 18.2 Å². The molecule has 0 amide bonds. The van der Waals surface area contributed by atoms with E-state index in [0.717, 1.165) is 0 Å². The first kappa shape index (κ1) is 12.7. The molecule has 0 spiro atoms. The van der Waals surface area contributed by atoms with E-state index in [1.54, 1.807) is 0 Å². The van der Waals surface area contributed by atoms with Gasteiger partial charge in [-0.2, -0.15) is 8.42 Å². The van der Waals surface area contributed by atoms with Crippen LogP contribution in [-0.4, -0.2) is 25.6 Å². The highest BCUT2D eigenvalue weighted by Gasteiger charge is 2.15. The summed E-state index contributed by atoms with van der Waals surface area (Å²) in [6.45, 7) is 0. The van der Waals surface area contributed by atoms with E-state index >= 15 is 0 Å². The average Bonchev–Trinajstić information content (AvgIpc) is 2.14. The lowest BCUT2D eigenvalue weighted by molar-refractivity contribution is 0.425. The van der Waals surface area contributed by atoms with Crippen LogP contribution in [0.1, 0.15) is 11.1 Å². The zero-order valence-corrected chi connectivity index (χ0v) is 8.91. The predicted molar refractivity (Wildman–Crippen MR) is 57.9 cm³/mol. The SMILES string of the molecule is C#Cc1cc(CS(=O)(=O)F)cc(B(O)O)c1. The Morgan fingerprint density at radius 3 is 2.44 bits per heavy atom. The van der Waals surface area contributed by atoms with Crippen molar-refractivity contribution in [2.75, 3.05) is 0 Å². The Balaban J connectivity index is 3.21. The molecule has 0 heterocycles. The van der Waals surface area contributed by atoms with Crippen molar-refractivity contribution < 1.29 is 22.4 Å². The van der Waals surface area contributed by atoms with Crippen molar-refractivity contribution in [1.29, 1.82) is 0 Å². The van der Waals surface area contributed by atoms with Gasteiger partial charge in [0.2, 0.25) is 0 Å². The lowest BCUT2D eigenvalue weighted by Crippen LogP contribution is -2.30. The number of benzene rings is 1. The molecular weight excluding hydrogens is 234 g/mol. The van der Waals surface area contributed by atoms with Crippen molar-refractivity contribution in [3.8, 4) is 12.3 Å². The molecule has 0 aliphatic rings. The minimum atomic E-state index is -4.68. The van der Waals surface area contributed by atoms with Gasteiger partial charge < -0.3 is 10.0 Å². The molecule has 2 N–H and O–H groups in total. The lowest BCUT2D eigenvalue weighted by Gasteiger charge is -2.04. The predicted octanol–water partition coefficient (Wildman–Crippen LogP) is -0.853. The van der Waals surface area contributed by atoms with Crippen LogP contribution in [0.5, 0.6) is 0 Å². The molecule has 1 aromatic carbocycles. The van der Waals surface area contributed by atoms with Crippen molar-refractivity contribution in [3.05, 3.63) is 29.3 Å². The zero-order valence-electron chi connectivity index (χ0n) is 8.09. The quantitative estimate of drug-likeness (QED) is 0.411. The highest BCUT2D eigenvalue weighted by molar-refractivity contribution is 7.85. The molecule has 1 aromatic rings. The Labute approximate surface area is 93.1 Å². The number of terminal acetylenes is 1. The molecule has 84 valence electrons. The Kier molecular flexibility index (Phi) is 3.70. The molecule has 7 heteroatoms. The second-order valence-electron chi connectivity index (χ2n) is 3.16. The number of hydrogen-bond donors (Lipinski definition) is 2. The number of rotatable bonds is 3. The molecule has 0 fully saturated rings. The van der Waals surface area contributed by atoms with Crippen LogP contribution >= 0.6 is 0 Å². The summed E-state index contributed by atoms with van der Waals surface area (Å²) < 4.78 is 33.3. The Morgan fingerprint density at radius 2 is 2.00 bits per heavy atom. The van der Waals surface area contributed by atoms with Gasteiger partial charge in [-0.05, 0) is 23.2 Å². The molecule has 1 rings (SSSR count). The highest BCUT2D eigenvalue weighted by atomic mass is 32.3. The maximum Gasteiger partial charge on any atom is 0.488 e.